The fourth-order valence-electron chi connectivity index (χ4n) is 3.57. The highest BCUT2D eigenvalue weighted by Crippen LogP contribution is 2.33. The molecule has 0 radical (unpaired) electrons. The van der Waals surface area contributed by atoms with Gasteiger partial charge in [0.15, 0.2) is 0 Å². The second-order valence-electron chi connectivity index (χ2n) is 6.95. The summed E-state index contributed by atoms with van der Waals surface area (Å²) in [7, 11) is 0. The lowest BCUT2D eigenvalue weighted by Crippen LogP contribution is -2.38. The number of aromatic nitrogens is 2. The van der Waals surface area contributed by atoms with Gasteiger partial charge in [0, 0.05) is 6.07 Å². The quantitative estimate of drug-likeness (QED) is 0.668. The topological polar surface area (TPSA) is 67.6 Å². The van der Waals surface area contributed by atoms with Crippen LogP contribution < -0.4 is 5.01 Å². The molecule has 4 rings (SSSR count). The molecular weight excluding hydrogens is 366 g/mol. The zero-order chi connectivity index (χ0) is 20.2. The predicted octanol–water partition coefficient (Wildman–Crippen LogP) is 4.03. The Labute approximate surface area is 169 Å². The molecule has 0 saturated carbocycles. The summed E-state index contributed by atoms with van der Waals surface area (Å²) >= 11 is 0. The fourth-order valence-corrected chi connectivity index (χ4v) is 3.57. The van der Waals surface area contributed by atoms with Crippen molar-refractivity contribution in [1.82, 2.24) is 9.89 Å². The van der Waals surface area contributed by atoms with E-state index in [-0.39, 0.29) is 18.5 Å². The lowest BCUT2D eigenvalue weighted by Gasteiger charge is -2.27. The summed E-state index contributed by atoms with van der Waals surface area (Å²) in [5.74, 6) is -0.780. The van der Waals surface area contributed by atoms with Gasteiger partial charge in [0.2, 0.25) is 5.88 Å². The lowest BCUT2D eigenvalue weighted by atomic mass is 9.95. The number of hydrogen-bond acceptors (Lipinski definition) is 5. The summed E-state index contributed by atoms with van der Waals surface area (Å²) in [5.41, 5.74) is 3.88. The van der Waals surface area contributed by atoms with Gasteiger partial charge in [0.05, 0.1) is 24.3 Å². The largest absolute Gasteiger partial charge is 0.492 e. The molecule has 148 valence electrons. The van der Waals surface area contributed by atoms with E-state index in [9.17, 15) is 9.90 Å². The standard InChI is InChI=1S/C23H23N3O3/c1-2-18-14-19-10-6-7-11-21(19)25(26-13-12-22(27)24-26)15-20(18)23(28)29-16-17-8-4-3-5-9-17/h3-14,20H,2,15-16H2,1H3,(H,24,27). The average molecular weight is 389 g/mol. The molecule has 1 atom stereocenters. The second kappa shape index (κ2) is 8.22. The third kappa shape index (κ3) is 4.01. The van der Waals surface area contributed by atoms with Gasteiger partial charge in [0.1, 0.15) is 6.61 Å². The first-order valence-corrected chi connectivity index (χ1v) is 9.68. The van der Waals surface area contributed by atoms with E-state index in [2.05, 4.69) is 11.2 Å². The van der Waals surface area contributed by atoms with Gasteiger partial charge in [-0.15, -0.1) is 5.10 Å². The number of carbonyl (C=O) groups is 1. The van der Waals surface area contributed by atoms with E-state index in [0.29, 0.717) is 6.54 Å². The molecule has 1 aliphatic rings. The number of para-hydroxylation sites is 1. The van der Waals surface area contributed by atoms with Crippen molar-refractivity contribution in [2.45, 2.75) is 20.0 Å². The summed E-state index contributed by atoms with van der Waals surface area (Å²) in [6, 6.07) is 19.1. The number of esters is 1. The van der Waals surface area contributed by atoms with E-state index in [0.717, 1.165) is 28.8 Å². The van der Waals surface area contributed by atoms with Crippen LogP contribution in [0.2, 0.25) is 0 Å². The van der Waals surface area contributed by atoms with Gasteiger partial charge in [-0.3, -0.25) is 9.80 Å². The Balaban J connectivity index is 1.65. The summed E-state index contributed by atoms with van der Waals surface area (Å²) in [6.45, 7) is 2.65. The van der Waals surface area contributed by atoms with Crippen LogP contribution in [0.1, 0.15) is 24.5 Å². The van der Waals surface area contributed by atoms with Gasteiger partial charge in [-0.05, 0) is 23.6 Å². The van der Waals surface area contributed by atoms with Gasteiger partial charge >= 0.3 is 5.97 Å². The Hall–Kier alpha value is -3.54. The van der Waals surface area contributed by atoms with Crippen LogP contribution in [0, 0.1) is 5.92 Å². The highest BCUT2D eigenvalue weighted by molar-refractivity contribution is 5.82. The fraction of sp³-hybridized carbons (Fsp3) is 0.217. The average Bonchev–Trinajstić information content (AvgIpc) is 3.10. The third-order valence-electron chi connectivity index (χ3n) is 5.08. The van der Waals surface area contributed by atoms with Gasteiger partial charge in [-0.1, -0.05) is 67.1 Å². The van der Waals surface area contributed by atoms with Crippen LogP contribution in [-0.2, 0) is 16.1 Å². The monoisotopic (exact) mass is 389 g/mol. The summed E-state index contributed by atoms with van der Waals surface area (Å²) in [5, 5.41) is 15.7. The molecule has 2 heterocycles. The molecule has 6 heteroatoms. The molecule has 0 spiro atoms. The van der Waals surface area contributed by atoms with E-state index in [1.54, 1.807) is 11.0 Å². The minimum absolute atomic E-state index is 0.0707. The molecule has 2 aromatic carbocycles. The number of ether oxygens (including phenoxy) is 1. The van der Waals surface area contributed by atoms with Crippen molar-refractivity contribution in [3.8, 4) is 5.88 Å². The van der Waals surface area contributed by atoms with Crippen LogP contribution in [-0.4, -0.2) is 27.5 Å². The number of anilines is 1. The number of fused-ring (bicyclic) bond motifs is 1. The Kier molecular flexibility index (Phi) is 5.33. The molecule has 1 N–H and O–H groups in total. The van der Waals surface area contributed by atoms with Crippen LogP contribution in [0.25, 0.3) is 6.08 Å². The molecular formula is C23H23N3O3. The Morgan fingerprint density at radius 1 is 1.14 bits per heavy atom. The van der Waals surface area contributed by atoms with E-state index in [4.69, 9.17) is 4.74 Å². The van der Waals surface area contributed by atoms with E-state index in [1.807, 2.05) is 66.5 Å². The molecule has 3 aromatic rings. The maximum absolute atomic E-state index is 13.1. The van der Waals surface area contributed by atoms with Crippen molar-refractivity contribution in [1.29, 1.82) is 0 Å². The molecule has 0 bridgehead atoms. The molecule has 1 aromatic heterocycles. The molecule has 1 unspecified atom stereocenters. The Bertz CT molecular complexity index is 1030. The van der Waals surface area contributed by atoms with Crippen molar-refractivity contribution in [3.63, 3.8) is 0 Å². The van der Waals surface area contributed by atoms with Crippen LogP contribution in [0.3, 0.4) is 0 Å². The normalized spacial score (nSPS) is 16.0. The zero-order valence-electron chi connectivity index (χ0n) is 16.2. The number of aromatic hydroxyl groups is 1. The van der Waals surface area contributed by atoms with Crippen LogP contribution in [0.4, 0.5) is 5.69 Å². The molecule has 0 aliphatic carbocycles. The van der Waals surface area contributed by atoms with Gasteiger partial charge in [-0.25, -0.2) is 0 Å². The number of benzene rings is 2. The van der Waals surface area contributed by atoms with Crippen LogP contribution >= 0.6 is 0 Å². The molecule has 1 aliphatic heterocycles. The molecule has 0 saturated heterocycles. The minimum atomic E-state index is -0.442. The smallest absolute Gasteiger partial charge is 0.315 e. The highest BCUT2D eigenvalue weighted by atomic mass is 16.5. The zero-order valence-corrected chi connectivity index (χ0v) is 16.2. The number of nitrogens with zero attached hydrogens (tertiary/aromatic N) is 3. The van der Waals surface area contributed by atoms with Crippen LogP contribution in [0.5, 0.6) is 5.88 Å². The number of carbonyl (C=O) groups excluding carboxylic acids is 1. The summed E-state index contributed by atoms with van der Waals surface area (Å²) in [6.07, 6.45) is 4.47. The lowest BCUT2D eigenvalue weighted by molar-refractivity contribution is -0.148. The van der Waals surface area contributed by atoms with Crippen molar-refractivity contribution in [2.24, 2.45) is 5.92 Å². The SMILES string of the molecule is CCC1=Cc2ccccc2N(n2ccc(O)n2)CC1C(=O)OCc1ccccc1. The maximum atomic E-state index is 13.1. The van der Waals surface area contributed by atoms with Gasteiger partial charge in [0.25, 0.3) is 0 Å². The van der Waals surface area contributed by atoms with Gasteiger partial charge < -0.3 is 9.84 Å². The maximum Gasteiger partial charge on any atom is 0.315 e. The summed E-state index contributed by atoms with van der Waals surface area (Å²) in [4.78, 5) is 14.6. The van der Waals surface area contributed by atoms with E-state index < -0.39 is 5.92 Å². The third-order valence-corrected chi connectivity index (χ3v) is 5.08. The molecule has 0 fully saturated rings. The minimum Gasteiger partial charge on any atom is -0.492 e. The predicted molar refractivity (Wildman–Crippen MR) is 111 cm³/mol. The number of hydrogen-bond donors (Lipinski definition) is 1. The first kappa shape index (κ1) is 18.8. The van der Waals surface area contributed by atoms with Crippen molar-refractivity contribution in [2.75, 3.05) is 11.6 Å². The number of rotatable bonds is 5. The molecule has 6 nitrogen and oxygen atoms in total. The summed E-state index contributed by atoms with van der Waals surface area (Å²) < 4.78 is 5.66. The first-order valence-electron chi connectivity index (χ1n) is 9.68. The van der Waals surface area contributed by atoms with Crippen molar-refractivity contribution in [3.05, 3.63) is 83.6 Å². The molecule has 0 amide bonds. The van der Waals surface area contributed by atoms with Crippen molar-refractivity contribution >= 4 is 17.7 Å². The highest BCUT2D eigenvalue weighted by Gasteiger charge is 2.31. The second-order valence-corrected chi connectivity index (χ2v) is 6.95. The van der Waals surface area contributed by atoms with E-state index >= 15 is 0 Å². The molecule has 29 heavy (non-hydrogen) atoms. The Morgan fingerprint density at radius 2 is 1.90 bits per heavy atom. The van der Waals surface area contributed by atoms with Gasteiger partial charge in [-0.2, -0.15) is 4.79 Å². The first-order chi connectivity index (χ1) is 14.2. The van der Waals surface area contributed by atoms with Crippen LogP contribution in [0.15, 0.2) is 72.4 Å². The Morgan fingerprint density at radius 3 is 2.62 bits per heavy atom. The van der Waals surface area contributed by atoms with Crippen molar-refractivity contribution < 1.29 is 14.6 Å². The van der Waals surface area contributed by atoms with E-state index in [1.165, 1.54) is 6.07 Å².